The SMILES string of the molecule is O=C(NCCCN(CCCCC1(C(=O)NCC(F)(F)F)c2ccccc2-c2ccccc21)CCCN(C(=O)c1ccccc1-c1ccccc1C(F)(F)F)C1CCN(CCCCC2(C(=O)NCC(F)(F)F)c3ccccc3-c3ccccc32)CC1)c1ccccc1-c1ccccc1C(F)(F)F. The lowest BCUT2D eigenvalue weighted by atomic mass is 9.73. The first-order valence-corrected chi connectivity index (χ1v) is 33.9. The molecule has 8 aromatic carbocycles. The van der Waals surface area contributed by atoms with Gasteiger partial charge >= 0.3 is 24.7 Å². The molecular formula is C79H76F12N6O4. The van der Waals surface area contributed by atoms with Gasteiger partial charge in [0, 0.05) is 43.3 Å². The standard InChI is InChI=1S/C79H76F12N6O4/c80-76(81,82)51-93-72(100)74(64-33-11-5-27-58(64)59-28-6-12-34-65(59)74)41-17-19-44-95(46-21-43-92-70(98)62-31-3-1-23-54(62)56-25-9-15-37-68(56)78(86,87)88)47-22-48-97(71(99)63-32-4-2-24-55(63)57-26-10-16-38-69(57)79(89,90)91)53-39-49-96(50-40-53)45-20-18-42-75(73(101)94-52-77(83,84)85)66-35-13-7-29-60(66)61-30-8-14-36-67(61)75/h1-16,23-38,53H,17-22,39-52H2,(H,92,98)(H,93,100)(H,94,101). The van der Waals surface area contributed by atoms with Crippen molar-refractivity contribution in [2.75, 3.05) is 65.4 Å². The summed E-state index contributed by atoms with van der Waals surface area (Å²) in [7, 11) is 0. The third kappa shape index (κ3) is 16.2. The molecule has 22 heteroatoms. The van der Waals surface area contributed by atoms with Crippen LogP contribution < -0.4 is 16.0 Å². The maximum atomic E-state index is 15.5. The van der Waals surface area contributed by atoms with E-state index in [0.717, 1.165) is 34.4 Å². The molecule has 0 aromatic heterocycles. The summed E-state index contributed by atoms with van der Waals surface area (Å²) in [5, 5.41) is 7.24. The lowest BCUT2D eigenvalue weighted by molar-refractivity contribution is -0.141. The summed E-state index contributed by atoms with van der Waals surface area (Å²) in [6, 6.07) is 50.4. The lowest BCUT2D eigenvalue weighted by Gasteiger charge is -2.39. The number of fused-ring (bicyclic) bond motifs is 6. The Kier molecular flexibility index (Phi) is 22.3. The smallest absolute Gasteiger partial charge is 0.352 e. The Balaban J connectivity index is 0.828. The molecule has 11 rings (SSSR count). The molecule has 0 spiro atoms. The molecule has 1 heterocycles. The summed E-state index contributed by atoms with van der Waals surface area (Å²) in [6.45, 7) is -0.302. The minimum absolute atomic E-state index is 0.0189. The molecule has 3 aliphatic rings. The van der Waals surface area contributed by atoms with E-state index in [-0.39, 0.29) is 59.3 Å². The van der Waals surface area contributed by atoms with Crippen molar-refractivity contribution in [2.45, 2.75) is 106 Å². The van der Waals surface area contributed by atoms with E-state index in [4.69, 9.17) is 0 Å². The van der Waals surface area contributed by atoms with Crippen LogP contribution in [0.4, 0.5) is 52.7 Å². The molecule has 8 aromatic rings. The van der Waals surface area contributed by atoms with E-state index < -0.39 is 89.4 Å². The van der Waals surface area contributed by atoms with Crippen LogP contribution in [0, 0.1) is 0 Å². The highest BCUT2D eigenvalue weighted by Gasteiger charge is 2.51. The summed E-state index contributed by atoms with van der Waals surface area (Å²) in [5.74, 6) is -2.66. The van der Waals surface area contributed by atoms with Gasteiger partial charge in [-0.25, -0.2) is 0 Å². The van der Waals surface area contributed by atoms with Crippen molar-refractivity contribution in [3.63, 3.8) is 0 Å². The number of hydrogen-bond acceptors (Lipinski definition) is 6. The molecule has 1 saturated heterocycles. The van der Waals surface area contributed by atoms with Crippen LogP contribution >= 0.6 is 0 Å². The fourth-order valence-corrected chi connectivity index (χ4v) is 15.2. The highest BCUT2D eigenvalue weighted by molar-refractivity contribution is 6.04. The maximum Gasteiger partial charge on any atom is 0.417 e. The average Bonchev–Trinajstić information content (AvgIpc) is 1.57. The average molecular weight is 1400 g/mol. The van der Waals surface area contributed by atoms with Gasteiger partial charge in [-0.1, -0.05) is 183 Å². The van der Waals surface area contributed by atoms with Crippen LogP contribution in [0.15, 0.2) is 194 Å². The Labute approximate surface area is 578 Å². The monoisotopic (exact) mass is 1400 g/mol. The molecule has 101 heavy (non-hydrogen) atoms. The number of carbonyl (C=O) groups excluding carboxylic acids is 4. The van der Waals surface area contributed by atoms with Gasteiger partial charge in [-0.3, -0.25) is 19.2 Å². The van der Waals surface area contributed by atoms with Gasteiger partial charge < -0.3 is 30.7 Å². The van der Waals surface area contributed by atoms with Crippen LogP contribution in [-0.4, -0.2) is 122 Å². The molecule has 0 atom stereocenters. The Hall–Kier alpha value is -9.28. The van der Waals surface area contributed by atoms with E-state index >= 15 is 4.79 Å². The van der Waals surface area contributed by atoms with Crippen LogP contribution in [0.3, 0.4) is 0 Å². The highest BCUT2D eigenvalue weighted by atomic mass is 19.4. The van der Waals surface area contributed by atoms with Crippen LogP contribution in [0.5, 0.6) is 0 Å². The van der Waals surface area contributed by atoms with Gasteiger partial charge in [-0.15, -0.1) is 0 Å². The third-order valence-corrected chi connectivity index (χ3v) is 19.8. The Bertz CT molecular complexity index is 4160. The minimum atomic E-state index is -4.77. The molecule has 2 aliphatic carbocycles. The number of nitrogens with zero attached hydrogens (tertiary/aromatic N) is 3. The van der Waals surface area contributed by atoms with Gasteiger partial charge in [-0.05, 0) is 169 Å². The number of rotatable bonds is 27. The van der Waals surface area contributed by atoms with Gasteiger partial charge in [0.05, 0.1) is 11.1 Å². The van der Waals surface area contributed by atoms with Crippen molar-refractivity contribution in [1.82, 2.24) is 30.7 Å². The highest BCUT2D eigenvalue weighted by Crippen LogP contribution is 2.54. The Morgan fingerprint density at radius 3 is 1.21 bits per heavy atom. The Morgan fingerprint density at radius 2 is 0.762 bits per heavy atom. The predicted molar refractivity (Wildman–Crippen MR) is 363 cm³/mol. The van der Waals surface area contributed by atoms with E-state index in [0.29, 0.717) is 113 Å². The van der Waals surface area contributed by atoms with E-state index in [2.05, 4.69) is 25.8 Å². The summed E-state index contributed by atoms with van der Waals surface area (Å²) in [6.07, 6.45) is -15.2. The van der Waals surface area contributed by atoms with Gasteiger partial charge in [0.1, 0.15) is 23.9 Å². The van der Waals surface area contributed by atoms with Crippen molar-refractivity contribution in [3.8, 4) is 44.5 Å². The van der Waals surface area contributed by atoms with Crippen LogP contribution in [-0.2, 0) is 32.8 Å². The summed E-state index contributed by atoms with van der Waals surface area (Å²) >= 11 is 0. The van der Waals surface area contributed by atoms with E-state index in [9.17, 15) is 67.1 Å². The van der Waals surface area contributed by atoms with E-state index in [1.54, 1.807) is 83.8 Å². The first kappa shape index (κ1) is 73.0. The number of benzene rings is 8. The quantitative estimate of drug-likeness (QED) is 0.0349. The molecule has 3 N–H and O–H groups in total. The Morgan fingerprint density at radius 1 is 0.396 bits per heavy atom. The molecule has 0 unspecified atom stereocenters. The van der Waals surface area contributed by atoms with Crippen molar-refractivity contribution in [1.29, 1.82) is 0 Å². The molecule has 0 radical (unpaired) electrons. The van der Waals surface area contributed by atoms with Crippen molar-refractivity contribution in [3.05, 3.63) is 239 Å². The molecule has 1 fully saturated rings. The maximum absolute atomic E-state index is 15.5. The van der Waals surface area contributed by atoms with Gasteiger partial charge in [0.15, 0.2) is 0 Å². The zero-order valence-corrected chi connectivity index (χ0v) is 55.2. The molecule has 10 nitrogen and oxygen atoms in total. The summed E-state index contributed by atoms with van der Waals surface area (Å²) in [4.78, 5) is 64.1. The molecule has 0 saturated carbocycles. The first-order valence-electron chi connectivity index (χ1n) is 33.9. The third-order valence-electron chi connectivity index (χ3n) is 19.8. The van der Waals surface area contributed by atoms with Crippen LogP contribution in [0.25, 0.3) is 44.5 Å². The molecule has 1 aliphatic heterocycles. The second-order valence-electron chi connectivity index (χ2n) is 26.1. The lowest BCUT2D eigenvalue weighted by Crippen LogP contribution is -2.48. The number of halogens is 12. The normalized spacial score (nSPS) is 14.9. The largest absolute Gasteiger partial charge is 0.417 e. The van der Waals surface area contributed by atoms with Crippen LogP contribution in [0.2, 0.25) is 0 Å². The summed E-state index contributed by atoms with van der Waals surface area (Å²) in [5.41, 5.74) is 0.535. The minimum Gasteiger partial charge on any atom is -0.352 e. The van der Waals surface area contributed by atoms with Crippen molar-refractivity contribution < 1.29 is 71.9 Å². The molecular weight excluding hydrogens is 1320 g/mol. The number of hydrogen-bond donors (Lipinski definition) is 3. The van der Waals surface area contributed by atoms with Crippen molar-refractivity contribution >= 4 is 23.6 Å². The topological polar surface area (TPSA) is 114 Å². The van der Waals surface area contributed by atoms with E-state index in [1.165, 1.54) is 66.7 Å². The molecule has 530 valence electrons. The predicted octanol–water partition coefficient (Wildman–Crippen LogP) is 17.1. The zero-order chi connectivity index (χ0) is 71.7. The van der Waals surface area contributed by atoms with Crippen LogP contribution in [0.1, 0.15) is 118 Å². The fourth-order valence-electron chi connectivity index (χ4n) is 15.2. The molecule has 0 bridgehead atoms. The first-order chi connectivity index (χ1) is 48.3. The fraction of sp³-hybridized carbons (Fsp3) is 0.342. The summed E-state index contributed by atoms with van der Waals surface area (Å²) < 4.78 is 169. The second-order valence-corrected chi connectivity index (χ2v) is 26.1. The zero-order valence-electron chi connectivity index (χ0n) is 55.2. The number of likely N-dealkylation sites (tertiary alicyclic amines) is 1. The number of carbonyl (C=O) groups is 4. The van der Waals surface area contributed by atoms with E-state index in [1.807, 2.05) is 36.4 Å². The molecule has 4 amide bonds. The van der Waals surface area contributed by atoms with Gasteiger partial charge in [-0.2, -0.15) is 52.7 Å². The second kappa shape index (κ2) is 30.9. The number of piperidine rings is 1. The van der Waals surface area contributed by atoms with Crippen molar-refractivity contribution in [2.24, 2.45) is 0 Å². The number of nitrogens with one attached hydrogen (secondary N) is 3. The number of unbranched alkanes of at least 4 members (excludes halogenated alkanes) is 2. The van der Waals surface area contributed by atoms with Gasteiger partial charge in [0.25, 0.3) is 11.8 Å². The van der Waals surface area contributed by atoms with Gasteiger partial charge in [0.2, 0.25) is 11.8 Å². The number of alkyl halides is 12. The number of amides is 4.